The number of rotatable bonds is 3. The summed E-state index contributed by atoms with van der Waals surface area (Å²) in [4.78, 5) is 0. The first-order valence-corrected chi connectivity index (χ1v) is 12.1. The fraction of sp³-hybridized carbons (Fsp3) is 0.0667. The van der Waals surface area contributed by atoms with Gasteiger partial charge in [-0.1, -0.05) is 91.0 Å². The molecule has 3 heteroatoms. The highest BCUT2D eigenvalue weighted by Crippen LogP contribution is 2.60. The highest BCUT2D eigenvalue weighted by Gasteiger charge is 2.50. The summed E-state index contributed by atoms with van der Waals surface area (Å²) in [6, 6.07) is 37.0. The SMILES string of the molecule is Cn1c2c(c3ccccc31)C(c1ccccc1)(c1ccccc1)C(I)=C2c1ccc(F)cc1. The molecule has 160 valence electrons. The topological polar surface area (TPSA) is 4.93 Å². The fourth-order valence-corrected chi connectivity index (χ4v) is 6.89. The minimum atomic E-state index is -0.455. The van der Waals surface area contributed by atoms with E-state index in [1.165, 1.54) is 36.9 Å². The third-order valence-electron chi connectivity index (χ3n) is 6.81. The second-order valence-electron chi connectivity index (χ2n) is 8.48. The van der Waals surface area contributed by atoms with Crippen LogP contribution in [0.1, 0.15) is 27.9 Å². The first kappa shape index (κ1) is 20.4. The molecule has 0 unspecified atom stereocenters. The zero-order valence-electron chi connectivity index (χ0n) is 18.1. The van der Waals surface area contributed by atoms with Gasteiger partial charge in [-0.25, -0.2) is 4.39 Å². The Labute approximate surface area is 206 Å². The van der Waals surface area contributed by atoms with Gasteiger partial charge >= 0.3 is 0 Å². The van der Waals surface area contributed by atoms with Crippen molar-refractivity contribution in [3.05, 3.63) is 147 Å². The standard InChI is InChI=1S/C30H21FIN/c1-33-25-15-9-8-14-24(25)27-28(33)26(20-16-18-23(31)19-17-20)29(32)30(27,21-10-4-2-5-11-21)22-12-6-3-7-13-22/h2-19H,1H3. The van der Waals surface area contributed by atoms with E-state index in [0.717, 1.165) is 11.1 Å². The minimum Gasteiger partial charge on any atom is -0.343 e. The summed E-state index contributed by atoms with van der Waals surface area (Å²) < 4.78 is 17.4. The molecule has 0 amide bonds. The van der Waals surface area contributed by atoms with E-state index in [0.29, 0.717) is 0 Å². The molecule has 4 aromatic carbocycles. The summed E-state index contributed by atoms with van der Waals surface area (Å²) >= 11 is 2.54. The van der Waals surface area contributed by atoms with E-state index in [4.69, 9.17) is 0 Å². The lowest BCUT2D eigenvalue weighted by molar-refractivity contribution is 0.627. The summed E-state index contributed by atoms with van der Waals surface area (Å²) in [5, 5.41) is 1.24. The monoisotopic (exact) mass is 541 g/mol. The molecule has 0 radical (unpaired) electrons. The average Bonchev–Trinajstić information content (AvgIpc) is 3.31. The number of aromatic nitrogens is 1. The Bertz CT molecular complexity index is 1470. The number of hydrogen-bond acceptors (Lipinski definition) is 0. The lowest BCUT2D eigenvalue weighted by Gasteiger charge is -2.33. The molecule has 0 spiro atoms. The van der Waals surface area contributed by atoms with Gasteiger partial charge in [-0.3, -0.25) is 0 Å². The van der Waals surface area contributed by atoms with E-state index >= 15 is 0 Å². The predicted molar refractivity (Wildman–Crippen MR) is 142 cm³/mol. The highest BCUT2D eigenvalue weighted by molar-refractivity contribution is 14.1. The van der Waals surface area contributed by atoms with Crippen molar-refractivity contribution in [1.82, 2.24) is 4.57 Å². The van der Waals surface area contributed by atoms with Crippen molar-refractivity contribution in [1.29, 1.82) is 0 Å². The molecule has 5 aromatic rings. The van der Waals surface area contributed by atoms with Crippen LogP contribution in [0.2, 0.25) is 0 Å². The highest BCUT2D eigenvalue weighted by atomic mass is 127. The molecule has 1 heterocycles. The number of halogens is 2. The maximum Gasteiger partial charge on any atom is 0.123 e. The zero-order chi connectivity index (χ0) is 22.6. The molecule has 6 rings (SSSR count). The largest absolute Gasteiger partial charge is 0.343 e. The van der Waals surface area contributed by atoms with Crippen LogP contribution in [0.4, 0.5) is 4.39 Å². The number of nitrogens with zero attached hydrogens (tertiary/aromatic N) is 1. The van der Waals surface area contributed by atoms with Crippen molar-refractivity contribution in [2.75, 3.05) is 0 Å². The molecule has 33 heavy (non-hydrogen) atoms. The van der Waals surface area contributed by atoms with Crippen LogP contribution in [-0.2, 0) is 12.5 Å². The number of hydrogen-bond donors (Lipinski definition) is 0. The summed E-state index contributed by atoms with van der Waals surface area (Å²) in [7, 11) is 2.14. The number of allylic oxidation sites excluding steroid dienone is 1. The first-order valence-electron chi connectivity index (χ1n) is 11.0. The fourth-order valence-electron chi connectivity index (χ4n) is 5.43. The summed E-state index contributed by atoms with van der Waals surface area (Å²) in [5.41, 5.74) is 7.89. The quantitative estimate of drug-likeness (QED) is 0.205. The van der Waals surface area contributed by atoms with Crippen LogP contribution in [-0.4, -0.2) is 4.57 Å². The molecule has 0 saturated carbocycles. The van der Waals surface area contributed by atoms with Crippen LogP contribution in [0, 0.1) is 5.82 Å². The van der Waals surface area contributed by atoms with Crippen LogP contribution < -0.4 is 0 Å². The predicted octanol–water partition coefficient (Wildman–Crippen LogP) is 7.86. The lowest BCUT2D eigenvalue weighted by atomic mass is 9.71. The van der Waals surface area contributed by atoms with E-state index in [2.05, 4.69) is 119 Å². The van der Waals surface area contributed by atoms with Crippen LogP contribution in [0.15, 0.2) is 113 Å². The molecular formula is C30H21FIN. The number of aryl methyl sites for hydroxylation is 1. The van der Waals surface area contributed by atoms with Gasteiger partial charge in [0.1, 0.15) is 5.82 Å². The smallest absolute Gasteiger partial charge is 0.123 e. The Balaban J connectivity index is 1.84. The lowest BCUT2D eigenvalue weighted by Crippen LogP contribution is -2.27. The van der Waals surface area contributed by atoms with Gasteiger partial charge in [0, 0.05) is 32.7 Å². The molecule has 1 aromatic heterocycles. The van der Waals surface area contributed by atoms with Crippen molar-refractivity contribution in [3.63, 3.8) is 0 Å². The van der Waals surface area contributed by atoms with Crippen molar-refractivity contribution in [2.24, 2.45) is 7.05 Å². The molecular weight excluding hydrogens is 520 g/mol. The number of fused-ring (bicyclic) bond motifs is 3. The van der Waals surface area contributed by atoms with Crippen molar-refractivity contribution < 1.29 is 4.39 Å². The Morgan fingerprint density at radius 3 is 1.85 bits per heavy atom. The van der Waals surface area contributed by atoms with Gasteiger partial charge < -0.3 is 4.57 Å². The zero-order valence-corrected chi connectivity index (χ0v) is 20.3. The number of para-hydroxylation sites is 1. The van der Waals surface area contributed by atoms with E-state index < -0.39 is 5.41 Å². The summed E-state index contributed by atoms with van der Waals surface area (Å²) in [6.07, 6.45) is 0. The van der Waals surface area contributed by atoms with Crippen molar-refractivity contribution in [2.45, 2.75) is 5.41 Å². The molecule has 0 atom stereocenters. The Morgan fingerprint density at radius 1 is 0.697 bits per heavy atom. The third-order valence-corrected chi connectivity index (χ3v) is 8.16. The van der Waals surface area contributed by atoms with Gasteiger partial charge in [0.15, 0.2) is 0 Å². The van der Waals surface area contributed by atoms with Crippen LogP contribution in [0.3, 0.4) is 0 Å². The van der Waals surface area contributed by atoms with Crippen LogP contribution in [0.25, 0.3) is 16.5 Å². The van der Waals surface area contributed by atoms with Crippen LogP contribution in [0.5, 0.6) is 0 Å². The molecule has 0 N–H and O–H groups in total. The number of benzene rings is 4. The Kier molecular flexibility index (Phi) is 4.77. The summed E-state index contributed by atoms with van der Waals surface area (Å²) in [6.45, 7) is 0. The molecule has 0 saturated heterocycles. The van der Waals surface area contributed by atoms with Gasteiger partial charge in [-0.2, -0.15) is 0 Å². The van der Waals surface area contributed by atoms with Gasteiger partial charge in [0.05, 0.1) is 11.1 Å². The van der Waals surface area contributed by atoms with Crippen LogP contribution >= 0.6 is 22.6 Å². The maximum absolute atomic E-state index is 13.9. The van der Waals surface area contributed by atoms with E-state index in [1.54, 1.807) is 12.1 Å². The molecule has 0 bridgehead atoms. The average molecular weight is 541 g/mol. The summed E-state index contributed by atoms with van der Waals surface area (Å²) in [5.74, 6) is -0.220. The van der Waals surface area contributed by atoms with Gasteiger partial charge in [0.2, 0.25) is 0 Å². The van der Waals surface area contributed by atoms with Gasteiger partial charge in [-0.05, 0) is 57.5 Å². The second-order valence-corrected chi connectivity index (χ2v) is 9.56. The third kappa shape index (κ3) is 2.81. The van der Waals surface area contributed by atoms with Gasteiger partial charge in [0.25, 0.3) is 0 Å². The van der Waals surface area contributed by atoms with E-state index in [9.17, 15) is 4.39 Å². The molecule has 0 fully saturated rings. The van der Waals surface area contributed by atoms with Crippen molar-refractivity contribution in [3.8, 4) is 0 Å². The van der Waals surface area contributed by atoms with Crippen molar-refractivity contribution >= 4 is 39.1 Å². The molecule has 1 aliphatic rings. The van der Waals surface area contributed by atoms with Gasteiger partial charge in [-0.15, -0.1) is 0 Å². The maximum atomic E-state index is 13.9. The van der Waals surface area contributed by atoms with E-state index in [1.807, 2.05) is 12.1 Å². The Morgan fingerprint density at radius 2 is 1.24 bits per heavy atom. The Hall–Kier alpha value is -3.18. The molecule has 1 nitrogen and oxygen atoms in total. The van der Waals surface area contributed by atoms with E-state index in [-0.39, 0.29) is 5.82 Å². The second kappa shape index (κ2) is 7.70. The molecule has 0 aliphatic heterocycles. The molecule has 1 aliphatic carbocycles. The normalized spacial score (nSPS) is 14.6. The first-order chi connectivity index (χ1) is 16.1. The minimum absolute atomic E-state index is 0.220.